The summed E-state index contributed by atoms with van der Waals surface area (Å²) >= 11 is 0. The fourth-order valence-electron chi connectivity index (χ4n) is 3.37. The third-order valence-electron chi connectivity index (χ3n) is 5.11. The van der Waals surface area contributed by atoms with Gasteiger partial charge in [-0.1, -0.05) is 42.0 Å². The molecule has 7 nitrogen and oxygen atoms in total. The van der Waals surface area contributed by atoms with Crippen LogP contribution in [0.4, 0.5) is 10.1 Å². The molecule has 4 rings (SSSR count). The summed E-state index contributed by atoms with van der Waals surface area (Å²) in [6.45, 7) is 1.56. The fraction of sp³-hybridized carbons (Fsp3) is 0.208. The molecule has 1 N–H and O–H groups in total. The third-order valence-corrected chi connectivity index (χ3v) is 6.89. The van der Waals surface area contributed by atoms with Crippen LogP contribution in [0.15, 0.2) is 77.7 Å². The number of carbonyl (C=O) groups is 1. The van der Waals surface area contributed by atoms with Crippen LogP contribution >= 0.6 is 0 Å². The summed E-state index contributed by atoms with van der Waals surface area (Å²) in [5, 5.41) is 2.66. The molecule has 3 aromatic carbocycles. The predicted molar refractivity (Wildman–Crippen MR) is 121 cm³/mol. The highest BCUT2D eigenvalue weighted by atomic mass is 32.2. The van der Waals surface area contributed by atoms with Crippen molar-refractivity contribution in [2.24, 2.45) is 0 Å². The number of sulfonamides is 1. The van der Waals surface area contributed by atoms with Crippen molar-refractivity contribution in [1.29, 1.82) is 0 Å². The SMILES string of the molecule is Cc1ccc(S(=O)(=O)N(CC(=O)NCC2COc3ccccc3O2)c2ccccc2F)cc1. The highest BCUT2D eigenvalue weighted by Gasteiger charge is 2.29. The summed E-state index contributed by atoms with van der Waals surface area (Å²) in [6.07, 6.45) is -0.445. The number of hydrogen-bond donors (Lipinski definition) is 1. The average molecular weight is 471 g/mol. The lowest BCUT2D eigenvalue weighted by molar-refractivity contribution is -0.120. The molecule has 0 saturated carbocycles. The van der Waals surface area contributed by atoms with Crippen molar-refractivity contribution in [3.63, 3.8) is 0 Å². The Labute approximate surface area is 191 Å². The summed E-state index contributed by atoms with van der Waals surface area (Å²) in [6, 6.07) is 18.8. The predicted octanol–water partition coefficient (Wildman–Crippen LogP) is 3.29. The molecule has 1 atom stereocenters. The molecule has 33 heavy (non-hydrogen) atoms. The molecule has 1 aliphatic heterocycles. The number of benzene rings is 3. The second-order valence-electron chi connectivity index (χ2n) is 7.58. The number of nitrogens with one attached hydrogen (secondary N) is 1. The van der Waals surface area contributed by atoms with E-state index in [4.69, 9.17) is 9.47 Å². The number of halogens is 1. The van der Waals surface area contributed by atoms with Crippen LogP contribution in [0.3, 0.4) is 0 Å². The third kappa shape index (κ3) is 5.09. The molecule has 0 radical (unpaired) electrons. The quantitative estimate of drug-likeness (QED) is 0.573. The number of aryl methyl sites for hydroxylation is 1. The monoisotopic (exact) mass is 470 g/mol. The van der Waals surface area contributed by atoms with Gasteiger partial charge in [0, 0.05) is 0 Å². The molecule has 1 amide bonds. The van der Waals surface area contributed by atoms with Gasteiger partial charge in [0.15, 0.2) is 11.5 Å². The Morgan fingerprint density at radius 1 is 1.03 bits per heavy atom. The van der Waals surface area contributed by atoms with Crippen molar-refractivity contribution < 1.29 is 27.1 Å². The number of rotatable bonds is 7. The van der Waals surface area contributed by atoms with E-state index in [1.165, 1.54) is 30.3 Å². The summed E-state index contributed by atoms with van der Waals surface area (Å²) in [7, 11) is -4.20. The molecule has 3 aromatic rings. The minimum atomic E-state index is -4.20. The maximum absolute atomic E-state index is 14.5. The van der Waals surface area contributed by atoms with Gasteiger partial charge >= 0.3 is 0 Å². The van der Waals surface area contributed by atoms with E-state index < -0.39 is 34.4 Å². The van der Waals surface area contributed by atoms with Crippen molar-refractivity contribution in [2.75, 3.05) is 24.0 Å². The standard InChI is InChI=1S/C24H23FN2O5S/c1-17-10-12-19(13-11-17)33(29,30)27(21-7-3-2-6-20(21)25)15-24(28)26-14-18-16-31-22-8-4-5-9-23(22)32-18/h2-13,18H,14-16H2,1H3,(H,26,28). The second kappa shape index (κ2) is 9.50. The van der Waals surface area contributed by atoms with E-state index in [0.29, 0.717) is 11.5 Å². The van der Waals surface area contributed by atoms with E-state index in [2.05, 4.69) is 5.32 Å². The lowest BCUT2D eigenvalue weighted by Crippen LogP contribution is -2.45. The van der Waals surface area contributed by atoms with Gasteiger partial charge < -0.3 is 14.8 Å². The Balaban J connectivity index is 1.50. The maximum Gasteiger partial charge on any atom is 0.264 e. The van der Waals surface area contributed by atoms with Gasteiger partial charge in [0.25, 0.3) is 10.0 Å². The summed E-state index contributed by atoms with van der Waals surface area (Å²) in [5.74, 6) is -0.161. The Kier molecular flexibility index (Phi) is 6.50. The van der Waals surface area contributed by atoms with Gasteiger partial charge in [-0.25, -0.2) is 12.8 Å². The van der Waals surface area contributed by atoms with E-state index in [0.717, 1.165) is 15.9 Å². The largest absolute Gasteiger partial charge is 0.486 e. The number of fused-ring (bicyclic) bond motifs is 1. The van der Waals surface area contributed by atoms with E-state index in [9.17, 15) is 17.6 Å². The first kappa shape index (κ1) is 22.6. The van der Waals surface area contributed by atoms with E-state index in [-0.39, 0.29) is 23.7 Å². The molecule has 9 heteroatoms. The lowest BCUT2D eigenvalue weighted by Gasteiger charge is -2.27. The molecule has 0 bridgehead atoms. The summed E-state index contributed by atoms with van der Waals surface area (Å²) in [4.78, 5) is 12.7. The van der Waals surface area contributed by atoms with E-state index in [1.807, 2.05) is 19.1 Å². The maximum atomic E-state index is 14.5. The Morgan fingerprint density at radius 2 is 1.70 bits per heavy atom. The van der Waals surface area contributed by atoms with Crippen LogP contribution in [0.1, 0.15) is 5.56 Å². The summed E-state index contributed by atoms with van der Waals surface area (Å²) in [5.41, 5.74) is 0.666. The highest BCUT2D eigenvalue weighted by molar-refractivity contribution is 7.92. The summed E-state index contributed by atoms with van der Waals surface area (Å²) < 4.78 is 53.4. The van der Waals surface area contributed by atoms with Crippen LogP contribution in [0.2, 0.25) is 0 Å². The van der Waals surface area contributed by atoms with Crippen molar-refractivity contribution in [1.82, 2.24) is 5.32 Å². The van der Waals surface area contributed by atoms with Gasteiger partial charge in [0.1, 0.15) is 25.1 Å². The lowest BCUT2D eigenvalue weighted by atomic mass is 10.2. The number of carbonyl (C=O) groups excluding carboxylic acids is 1. The molecule has 1 aliphatic rings. The number of anilines is 1. The van der Waals surface area contributed by atoms with Crippen molar-refractivity contribution in [3.8, 4) is 11.5 Å². The molecule has 172 valence electrons. The minimum Gasteiger partial charge on any atom is -0.486 e. The Hall–Kier alpha value is -3.59. The van der Waals surface area contributed by atoms with Gasteiger partial charge in [-0.05, 0) is 43.3 Å². The number of amides is 1. The van der Waals surface area contributed by atoms with Crippen molar-refractivity contribution >= 4 is 21.6 Å². The van der Waals surface area contributed by atoms with E-state index >= 15 is 0 Å². The first-order valence-electron chi connectivity index (χ1n) is 10.3. The number of para-hydroxylation sites is 3. The average Bonchev–Trinajstić information content (AvgIpc) is 2.82. The molecule has 0 aliphatic carbocycles. The van der Waals surface area contributed by atoms with Gasteiger partial charge in [-0.15, -0.1) is 0 Å². The van der Waals surface area contributed by atoms with Gasteiger partial charge in [0.2, 0.25) is 5.91 Å². The zero-order chi connectivity index (χ0) is 23.4. The molecule has 0 fully saturated rings. The van der Waals surface area contributed by atoms with Crippen LogP contribution in [0, 0.1) is 12.7 Å². The zero-order valence-corrected chi connectivity index (χ0v) is 18.7. The van der Waals surface area contributed by atoms with Crippen molar-refractivity contribution in [3.05, 3.63) is 84.2 Å². The van der Waals surface area contributed by atoms with Gasteiger partial charge in [0.05, 0.1) is 17.1 Å². The molecular formula is C24H23FN2O5S. The van der Waals surface area contributed by atoms with Gasteiger partial charge in [-0.2, -0.15) is 0 Å². The normalized spacial score (nSPS) is 15.0. The second-order valence-corrected chi connectivity index (χ2v) is 9.44. The molecule has 0 saturated heterocycles. The molecule has 0 aromatic heterocycles. The highest BCUT2D eigenvalue weighted by Crippen LogP contribution is 2.31. The van der Waals surface area contributed by atoms with Crippen LogP contribution in [-0.2, 0) is 14.8 Å². The van der Waals surface area contributed by atoms with Crippen LogP contribution in [0.25, 0.3) is 0 Å². The van der Waals surface area contributed by atoms with Gasteiger partial charge in [-0.3, -0.25) is 9.10 Å². The Bertz CT molecular complexity index is 1250. The molecular weight excluding hydrogens is 447 g/mol. The van der Waals surface area contributed by atoms with Crippen LogP contribution < -0.4 is 19.1 Å². The minimum absolute atomic E-state index is 0.0372. The number of hydrogen-bond acceptors (Lipinski definition) is 5. The fourth-order valence-corrected chi connectivity index (χ4v) is 4.80. The smallest absolute Gasteiger partial charge is 0.264 e. The topological polar surface area (TPSA) is 84.9 Å². The first-order valence-corrected chi connectivity index (χ1v) is 11.8. The first-order chi connectivity index (χ1) is 15.8. The van der Waals surface area contributed by atoms with Crippen LogP contribution in [0.5, 0.6) is 11.5 Å². The van der Waals surface area contributed by atoms with Crippen molar-refractivity contribution in [2.45, 2.75) is 17.9 Å². The molecule has 0 spiro atoms. The molecule has 1 unspecified atom stereocenters. The Morgan fingerprint density at radius 3 is 2.42 bits per heavy atom. The number of nitrogens with zero attached hydrogens (tertiary/aromatic N) is 1. The van der Waals surface area contributed by atoms with Crippen LogP contribution in [-0.4, -0.2) is 40.1 Å². The zero-order valence-electron chi connectivity index (χ0n) is 17.9. The van der Waals surface area contributed by atoms with E-state index in [1.54, 1.807) is 24.3 Å². The molecule has 1 heterocycles. The number of ether oxygens (including phenoxy) is 2.